The zero-order valence-corrected chi connectivity index (χ0v) is 17.9. The second-order valence-corrected chi connectivity index (χ2v) is 6.84. The van der Waals surface area contributed by atoms with Crippen LogP contribution in [0.25, 0.3) is 0 Å². The largest absolute Gasteiger partial charge is 0.467 e. The minimum atomic E-state index is -1.66. The molecule has 2 rings (SSSR count). The van der Waals surface area contributed by atoms with E-state index in [1.54, 1.807) is 37.3 Å². The van der Waals surface area contributed by atoms with Gasteiger partial charge in [0.1, 0.15) is 6.04 Å². The van der Waals surface area contributed by atoms with Gasteiger partial charge in [-0.15, -0.1) is 0 Å². The number of ether oxygens (including phenoxy) is 3. The second-order valence-electron chi connectivity index (χ2n) is 6.84. The summed E-state index contributed by atoms with van der Waals surface area (Å²) in [6, 6.07) is 5.63. The van der Waals surface area contributed by atoms with Gasteiger partial charge >= 0.3 is 17.9 Å². The van der Waals surface area contributed by atoms with E-state index in [2.05, 4.69) is 4.74 Å². The fourth-order valence-corrected chi connectivity index (χ4v) is 3.16. The van der Waals surface area contributed by atoms with Crippen molar-refractivity contribution in [3.63, 3.8) is 0 Å². The van der Waals surface area contributed by atoms with Crippen LogP contribution in [-0.4, -0.2) is 67.9 Å². The van der Waals surface area contributed by atoms with Crippen molar-refractivity contribution in [2.45, 2.75) is 26.3 Å². The summed E-state index contributed by atoms with van der Waals surface area (Å²) in [7, 11) is 2.48. The number of allylic oxidation sites excluding steroid dienone is 1. The van der Waals surface area contributed by atoms with Crippen LogP contribution in [0.4, 0.5) is 0 Å². The van der Waals surface area contributed by atoms with Crippen LogP contribution < -0.4 is 0 Å². The summed E-state index contributed by atoms with van der Waals surface area (Å²) in [5, 5.41) is 0. The zero-order chi connectivity index (χ0) is 23.1. The number of nitrogens with zero attached hydrogens (tertiary/aromatic N) is 1. The Morgan fingerprint density at radius 2 is 1.77 bits per heavy atom. The van der Waals surface area contributed by atoms with Crippen LogP contribution in [0.5, 0.6) is 0 Å². The molecule has 166 valence electrons. The predicted molar refractivity (Wildman–Crippen MR) is 108 cm³/mol. The van der Waals surface area contributed by atoms with Crippen molar-refractivity contribution in [1.29, 1.82) is 0 Å². The molecule has 1 aromatic carbocycles. The average molecular weight is 431 g/mol. The molecule has 1 heterocycles. The summed E-state index contributed by atoms with van der Waals surface area (Å²) in [5.41, 5.74) is 1.40. The van der Waals surface area contributed by atoms with E-state index in [1.807, 2.05) is 0 Å². The highest BCUT2D eigenvalue weighted by molar-refractivity contribution is 6.24. The molecule has 0 aromatic heterocycles. The Bertz CT molecular complexity index is 903. The number of carbonyl (C=O) groups excluding carboxylic acids is 5. The molecule has 1 aliphatic heterocycles. The number of ketones is 1. The average Bonchev–Trinajstić information content (AvgIpc) is 2.77. The van der Waals surface area contributed by atoms with Gasteiger partial charge in [0.15, 0.2) is 11.7 Å². The number of benzene rings is 1. The first-order valence-corrected chi connectivity index (χ1v) is 9.70. The van der Waals surface area contributed by atoms with Crippen LogP contribution >= 0.6 is 0 Å². The van der Waals surface area contributed by atoms with Gasteiger partial charge in [-0.3, -0.25) is 14.4 Å². The van der Waals surface area contributed by atoms with E-state index in [4.69, 9.17) is 9.47 Å². The number of amides is 1. The van der Waals surface area contributed by atoms with Crippen LogP contribution in [0, 0.1) is 5.92 Å². The SMILES string of the molecule is CCOC(=O)C1C(=O)/C(=C/Cc2ccc(C(=O)OC)cc2)CN(C(C)C(=O)OC)C1=O. The fraction of sp³-hybridized carbons (Fsp3) is 0.409. The smallest absolute Gasteiger partial charge is 0.337 e. The highest BCUT2D eigenvalue weighted by Gasteiger charge is 2.46. The Kier molecular flexibility index (Phi) is 8.07. The molecular formula is C22H25NO8. The maximum Gasteiger partial charge on any atom is 0.337 e. The molecule has 1 saturated heterocycles. The minimum absolute atomic E-state index is 0.00798. The van der Waals surface area contributed by atoms with Gasteiger partial charge in [0.2, 0.25) is 5.91 Å². The standard InChI is InChI=1S/C22H25NO8/c1-5-31-22(28)17-18(24)16(12-23(19(17)25)13(2)20(26)29-3)11-8-14-6-9-15(10-7-14)21(27)30-4/h6-7,9-11,13,17H,5,8,12H2,1-4H3/b16-11+. The fourth-order valence-electron chi connectivity index (χ4n) is 3.16. The second kappa shape index (κ2) is 10.5. The highest BCUT2D eigenvalue weighted by atomic mass is 16.5. The third kappa shape index (κ3) is 5.36. The molecule has 9 heteroatoms. The van der Waals surface area contributed by atoms with E-state index in [1.165, 1.54) is 21.1 Å². The number of piperidine rings is 1. The summed E-state index contributed by atoms with van der Waals surface area (Å²) in [6.45, 7) is 2.91. The van der Waals surface area contributed by atoms with Gasteiger partial charge in [0.05, 0.1) is 26.4 Å². The molecule has 0 spiro atoms. The Morgan fingerprint density at radius 3 is 2.32 bits per heavy atom. The van der Waals surface area contributed by atoms with Crippen LogP contribution in [0.15, 0.2) is 35.9 Å². The molecule has 31 heavy (non-hydrogen) atoms. The third-order valence-electron chi connectivity index (χ3n) is 4.94. The number of likely N-dealkylation sites (tertiary alicyclic amines) is 1. The van der Waals surface area contributed by atoms with E-state index >= 15 is 0 Å². The van der Waals surface area contributed by atoms with Crippen LogP contribution in [-0.2, 0) is 39.8 Å². The topological polar surface area (TPSA) is 116 Å². The molecule has 0 saturated carbocycles. The number of Topliss-reactive ketones (excluding diaryl/α,β-unsaturated/α-hetero) is 1. The molecule has 1 fully saturated rings. The molecule has 1 aromatic rings. The Labute approximate surface area is 179 Å². The van der Waals surface area contributed by atoms with Crippen molar-refractivity contribution in [2.75, 3.05) is 27.4 Å². The highest BCUT2D eigenvalue weighted by Crippen LogP contribution is 2.24. The van der Waals surface area contributed by atoms with E-state index in [0.29, 0.717) is 12.0 Å². The lowest BCUT2D eigenvalue weighted by Crippen LogP contribution is -2.55. The van der Waals surface area contributed by atoms with Gasteiger partial charge in [-0.1, -0.05) is 18.2 Å². The molecular weight excluding hydrogens is 406 g/mol. The third-order valence-corrected chi connectivity index (χ3v) is 4.94. The molecule has 0 bridgehead atoms. The van der Waals surface area contributed by atoms with E-state index in [9.17, 15) is 24.0 Å². The molecule has 2 atom stereocenters. The number of hydrogen-bond donors (Lipinski definition) is 0. The van der Waals surface area contributed by atoms with E-state index < -0.39 is 41.6 Å². The number of hydrogen-bond acceptors (Lipinski definition) is 8. The predicted octanol–water partition coefficient (Wildman–Crippen LogP) is 1.09. The first kappa shape index (κ1) is 23.8. The van der Waals surface area contributed by atoms with Gasteiger partial charge < -0.3 is 19.1 Å². The lowest BCUT2D eigenvalue weighted by molar-refractivity contribution is -0.164. The molecule has 2 unspecified atom stereocenters. The molecule has 9 nitrogen and oxygen atoms in total. The maximum atomic E-state index is 12.9. The molecule has 1 aliphatic rings. The van der Waals surface area contributed by atoms with Gasteiger partial charge in [-0.2, -0.15) is 0 Å². The van der Waals surface area contributed by atoms with Crippen LogP contribution in [0.2, 0.25) is 0 Å². The summed E-state index contributed by atoms with van der Waals surface area (Å²) in [6.07, 6.45) is 1.91. The molecule has 0 N–H and O–H groups in total. The lowest BCUT2D eigenvalue weighted by atomic mass is 9.89. The normalized spacial score (nSPS) is 18.5. The lowest BCUT2D eigenvalue weighted by Gasteiger charge is -2.34. The van der Waals surface area contributed by atoms with E-state index in [-0.39, 0.29) is 18.7 Å². The quantitative estimate of drug-likeness (QED) is 0.273. The Morgan fingerprint density at radius 1 is 1.13 bits per heavy atom. The Balaban J connectivity index is 2.31. The molecule has 1 amide bonds. The van der Waals surface area contributed by atoms with Crippen molar-refractivity contribution >= 4 is 29.6 Å². The number of carbonyl (C=O) groups is 5. The summed E-state index contributed by atoms with van der Waals surface area (Å²) in [5.74, 6) is -5.18. The number of esters is 3. The van der Waals surface area contributed by atoms with Crippen molar-refractivity contribution in [1.82, 2.24) is 4.90 Å². The van der Waals surface area contributed by atoms with E-state index in [0.717, 1.165) is 10.5 Å². The van der Waals surface area contributed by atoms with Crippen LogP contribution in [0.1, 0.15) is 29.8 Å². The number of methoxy groups -OCH3 is 2. The Hall–Kier alpha value is -3.49. The van der Waals surface area contributed by atoms with Crippen molar-refractivity contribution < 1.29 is 38.2 Å². The zero-order valence-electron chi connectivity index (χ0n) is 17.9. The minimum Gasteiger partial charge on any atom is -0.467 e. The van der Waals surface area contributed by atoms with Crippen molar-refractivity contribution in [2.24, 2.45) is 5.92 Å². The van der Waals surface area contributed by atoms with Gasteiger partial charge in [0.25, 0.3) is 0 Å². The van der Waals surface area contributed by atoms with Gasteiger partial charge in [-0.05, 0) is 38.0 Å². The number of rotatable bonds is 7. The first-order chi connectivity index (χ1) is 14.7. The van der Waals surface area contributed by atoms with Crippen molar-refractivity contribution in [3.8, 4) is 0 Å². The first-order valence-electron chi connectivity index (χ1n) is 9.70. The summed E-state index contributed by atoms with van der Waals surface area (Å²) >= 11 is 0. The van der Waals surface area contributed by atoms with Crippen LogP contribution in [0.3, 0.4) is 0 Å². The van der Waals surface area contributed by atoms with Gasteiger partial charge in [0, 0.05) is 12.1 Å². The molecule has 0 aliphatic carbocycles. The van der Waals surface area contributed by atoms with Gasteiger partial charge in [-0.25, -0.2) is 9.59 Å². The monoisotopic (exact) mass is 431 g/mol. The summed E-state index contributed by atoms with van der Waals surface area (Å²) < 4.78 is 14.3. The maximum absolute atomic E-state index is 12.9. The van der Waals surface area contributed by atoms with Crippen molar-refractivity contribution in [3.05, 3.63) is 47.0 Å². The molecule has 0 radical (unpaired) electrons. The summed E-state index contributed by atoms with van der Waals surface area (Å²) in [4.78, 5) is 62.6.